The van der Waals surface area contributed by atoms with Gasteiger partial charge in [0.25, 0.3) is 0 Å². The maximum Gasteiger partial charge on any atom is 0.345 e. The van der Waals surface area contributed by atoms with Crippen molar-refractivity contribution in [1.29, 1.82) is 0 Å². The Kier molecular flexibility index (Phi) is 6.09. The number of carbonyl (C=O) groups is 1. The van der Waals surface area contributed by atoms with Crippen molar-refractivity contribution in [2.24, 2.45) is 0 Å². The molecular formula is C19H27N7O3. The largest absolute Gasteiger partial charge is 0.378 e. The van der Waals surface area contributed by atoms with Crippen LogP contribution in [0.4, 0.5) is 16.3 Å². The van der Waals surface area contributed by atoms with Crippen LogP contribution in [0.3, 0.4) is 0 Å². The van der Waals surface area contributed by atoms with Gasteiger partial charge in [-0.15, -0.1) is 0 Å². The van der Waals surface area contributed by atoms with Gasteiger partial charge < -0.3 is 20.3 Å². The number of hydrogen-bond donors (Lipinski definition) is 2. The number of fused-ring (bicyclic) bond motifs is 1. The lowest BCUT2D eigenvalue weighted by Gasteiger charge is -2.27. The van der Waals surface area contributed by atoms with E-state index in [4.69, 9.17) is 4.74 Å². The van der Waals surface area contributed by atoms with Gasteiger partial charge in [-0.05, 0) is 31.4 Å². The van der Waals surface area contributed by atoms with Gasteiger partial charge in [0.15, 0.2) is 0 Å². The lowest BCUT2D eigenvalue weighted by atomic mass is 10.2. The van der Waals surface area contributed by atoms with Gasteiger partial charge in [-0.1, -0.05) is 0 Å². The van der Waals surface area contributed by atoms with Crippen molar-refractivity contribution < 1.29 is 9.53 Å². The van der Waals surface area contributed by atoms with E-state index in [0.717, 1.165) is 50.5 Å². The topological polar surface area (TPSA) is 106 Å². The second kappa shape index (κ2) is 9.08. The first-order valence-electron chi connectivity index (χ1n) is 10.2. The second-order valence-corrected chi connectivity index (χ2v) is 7.27. The summed E-state index contributed by atoms with van der Waals surface area (Å²) in [5.41, 5.74) is 0.591. The van der Waals surface area contributed by atoms with E-state index in [1.54, 1.807) is 10.8 Å². The Bertz CT molecular complexity index is 884. The number of rotatable bonds is 6. The average Bonchev–Trinajstić information content (AvgIpc) is 3.08. The van der Waals surface area contributed by atoms with Crippen molar-refractivity contribution in [2.75, 3.05) is 43.1 Å². The molecule has 0 unspecified atom stereocenters. The maximum absolute atomic E-state index is 12.3. The average molecular weight is 401 g/mol. The molecule has 2 aliphatic rings. The molecule has 29 heavy (non-hydrogen) atoms. The number of pyridine rings is 1. The van der Waals surface area contributed by atoms with Crippen LogP contribution in [0.1, 0.15) is 25.1 Å². The minimum Gasteiger partial charge on any atom is -0.378 e. The Morgan fingerprint density at radius 2 is 2.03 bits per heavy atom. The molecule has 0 atom stereocenters. The number of carbonyl (C=O) groups excluding carboxylic acids is 1. The number of amides is 2. The summed E-state index contributed by atoms with van der Waals surface area (Å²) < 4.78 is 8.61. The molecule has 0 aliphatic carbocycles. The summed E-state index contributed by atoms with van der Waals surface area (Å²) in [5.74, 6) is 1.76. The number of ether oxygens (including phenoxy) is 1. The highest BCUT2D eigenvalue weighted by Gasteiger charge is 2.16. The zero-order chi connectivity index (χ0) is 20.1. The number of morpholine rings is 1. The van der Waals surface area contributed by atoms with Crippen LogP contribution in [0.15, 0.2) is 23.1 Å². The zero-order valence-electron chi connectivity index (χ0n) is 16.5. The van der Waals surface area contributed by atoms with Gasteiger partial charge in [-0.2, -0.15) is 5.10 Å². The molecule has 0 bridgehead atoms. The monoisotopic (exact) mass is 401 g/mol. The van der Waals surface area contributed by atoms with Gasteiger partial charge in [0.05, 0.1) is 25.1 Å². The summed E-state index contributed by atoms with van der Waals surface area (Å²) >= 11 is 0. The number of aryl methyl sites for hydroxylation is 2. The Morgan fingerprint density at radius 3 is 2.79 bits per heavy atom. The van der Waals surface area contributed by atoms with Gasteiger partial charge in [0.1, 0.15) is 11.6 Å². The Hall–Kier alpha value is -2.88. The molecule has 156 valence electrons. The van der Waals surface area contributed by atoms with Gasteiger partial charge in [0, 0.05) is 39.1 Å². The van der Waals surface area contributed by atoms with E-state index in [9.17, 15) is 9.59 Å². The van der Waals surface area contributed by atoms with Crippen LogP contribution in [0.2, 0.25) is 0 Å². The molecule has 10 heteroatoms. The van der Waals surface area contributed by atoms with Crippen LogP contribution >= 0.6 is 0 Å². The second-order valence-electron chi connectivity index (χ2n) is 7.27. The summed E-state index contributed by atoms with van der Waals surface area (Å²) in [5, 5.41) is 9.98. The van der Waals surface area contributed by atoms with Crippen LogP contribution < -0.4 is 21.2 Å². The normalized spacial score (nSPS) is 16.3. The number of hydrogen-bond acceptors (Lipinski definition) is 6. The van der Waals surface area contributed by atoms with E-state index in [1.807, 2.05) is 12.1 Å². The van der Waals surface area contributed by atoms with Gasteiger partial charge in [-0.25, -0.2) is 19.3 Å². The van der Waals surface area contributed by atoms with Crippen LogP contribution in [-0.4, -0.2) is 58.2 Å². The highest BCUT2D eigenvalue weighted by Crippen LogP contribution is 2.15. The maximum atomic E-state index is 12.3. The fraction of sp³-hybridized carbons (Fsp3) is 0.579. The fourth-order valence-corrected chi connectivity index (χ4v) is 3.64. The van der Waals surface area contributed by atoms with Crippen molar-refractivity contribution in [3.8, 4) is 0 Å². The molecule has 4 heterocycles. The predicted octanol–water partition coefficient (Wildman–Crippen LogP) is 0.824. The van der Waals surface area contributed by atoms with Crippen molar-refractivity contribution >= 4 is 17.5 Å². The highest BCUT2D eigenvalue weighted by molar-refractivity contribution is 5.89. The molecule has 0 radical (unpaired) electrons. The summed E-state index contributed by atoms with van der Waals surface area (Å²) in [7, 11) is 0. The van der Waals surface area contributed by atoms with Crippen LogP contribution in [0, 0.1) is 0 Å². The van der Waals surface area contributed by atoms with Crippen LogP contribution in [0.25, 0.3) is 0 Å². The number of nitrogens with one attached hydrogen (secondary N) is 2. The molecule has 2 aliphatic heterocycles. The third kappa shape index (κ3) is 4.76. The summed E-state index contributed by atoms with van der Waals surface area (Å²) in [4.78, 5) is 30.9. The molecule has 0 aromatic carbocycles. The smallest absolute Gasteiger partial charge is 0.345 e. The van der Waals surface area contributed by atoms with Crippen molar-refractivity contribution in [3.63, 3.8) is 0 Å². The van der Waals surface area contributed by atoms with E-state index >= 15 is 0 Å². The van der Waals surface area contributed by atoms with Crippen molar-refractivity contribution in [1.82, 2.24) is 24.6 Å². The SMILES string of the molecule is O=C(NCCCn1nc2n(c1=O)CCCC2)Nc1ccc(N2CCOCC2)nc1. The zero-order valence-corrected chi connectivity index (χ0v) is 16.5. The quantitative estimate of drug-likeness (QED) is 0.695. The Balaban J connectivity index is 1.20. The van der Waals surface area contributed by atoms with E-state index in [0.29, 0.717) is 38.4 Å². The molecule has 2 aromatic heterocycles. The molecule has 4 rings (SSSR count). The summed E-state index contributed by atoms with van der Waals surface area (Å²) in [6, 6.07) is 3.45. The summed E-state index contributed by atoms with van der Waals surface area (Å²) in [6.07, 6.45) is 5.27. The van der Waals surface area contributed by atoms with Crippen molar-refractivity contribution in [3.05, 3.63) is 34.6 Å². The molecule has 0 spiro atoms. The molecule has 1 fully saturated rings. The standard InChI is InChI=1S/C19H27N7O3/c27-18(22-15-5-6-16(21-14-15)24-10-12-29-13-11-24)20-7-3-9-26-19(28)25-8-2-1-4-17(25)23-26/h5-6,14H,1-4,7-13H2,(H2,20,22,27). The van der Waals surface area contributed by atoms with Gasteiger partial charge in [-0.3, -0.25) is 4.57 Å². The van der Waals surface area contributed by atoms with E-state index in [2.05, 4.69) is 25.6 Å². The molecule has 2 N–H and O–H groups in total. The number of urea groups is 1. The molecular weight excluding hydrogens is 374 g/mol. The van der Waals surface area contributed by atoms with E-state index in [-0.39, 0.29) is 11.7 Å². The molecule has 2 amide bonds. The molecule has 2 aromatic rings. The number of anilines is 2. The molecule has 10 nitrogen and oxygen atoms in total. The van der Waals surface area contributed by atoms with Gasteiger partial charge in [0.2, 0.25) is 0 Å². The number of nitrogens with zero attached hydrogens (tertiary/aromatic N) is 5. The first-order chi connectivity index (χ1) is 14.2. The lowest BCUT2D eigenvalue weighted by molar-refractivity contribution is 0.122. The van der Waals surface area contributed by atoms with Crippen molar-refractivity contribution in [2.45, 2.75) is 38.8 Å². The third-order valence-corrected chi connectivity index (χ3v) is 5.20. The van der Waals surface area contributed by atoms with E-state index < -0.39 is 0 Å². The fourth-order valence-electron chi connectivity index (χ4n) is 3.64. The lowest BCUT2D eigenvalue weighted by Crippen LogP contribution is -2.36. The third-order valence-electron chi connectivity index (χ3n) is 5.20. The number of aromatic nitrogens is 4. The Labute approximate surface area is 168 Å². The minimum absolute atomic E-state index is 0.0458. The molecule has 1 saturated heterocycles. The predicted molar refractivity (Wildman–Crippen MR) is 108 cm³/mol. The van der Waals surface area contributed by atoms with Crippen LogP contribution in [-0.2, 0) is 24.2 Å². The summed E-state index contributed by atoms with van der Waals surface area (Å²) in [6.45, 7) is 4.77. The van der Waals surface area contributed by atoms with Crippen LogP contribution in [0.5, 0.6) is 0 Å². The Morgan fingerprint density at radius 1 is 1.17 bits per heavy atom. The molecule has 0 saturated carbocycles. The highest BCUT2D eigenvalue weighted by atomic mass is 16.5. The van der Waals surface area contributed by atoms with E-state index in [1.165, 1.54) is 4.68 Å². The first kappa shape index (κ1) is 19.4. The minimum atomic E-state index is -0.289. The van der Waals surface area contributed by atoms with Gasteiger partial charge >= 0.3 is 11.7 Å². The first-order valence-corrected chi connectivity index (χ1v) is 10.2.